The molecule has 2 heterocycles. The van der Waals surface area contributed by atoms with Crippen LogP contribution in [0.3, 0.4) is 0 Å². The van der Waals surface area contributed by atoms with Crippen LogP contribution in [0.15, 0.2) is 94.6 Å². The van der Waals surface area contributed by atoms with Crippen LogP contribution in [0.2, 0.25) is 0 Å². The van der Waals surface area contributed by atoms with Crippen LogP contribution in [0.5, 0.6) is 0 Å². The van der Waals surface area contributed by atoms with Crippen LogP contribution >= 0.6 is 0 Å². The van der Waals surface area contributed by atoms with Crippen LogP contribution in [0.4, 0.5) is 4.79 Å². The quantitative estimate of drug-likeness (QED) is 0.121. The minimum atomic E-state index is -2.45. The van der Waals surface area contributed by atoms with Crippen molar-refractivity contribution in [3.05, 3.63) is 107 Å². The highest BCUT2D eigenvalue weighted by molar-refractivity contribution is 5.96. The van der Waals surface area contributed by atoms with Crippen molar-refractivity contribution in [2.24, 2.45) is 16.7 Å². The summed E-state index contributed by atoms with van der Waals surface area (Å²) in [4.78, 5) is 83.8. The van der Waals surface area contributed by atoms with E-state index in [0.29, 0.717) is 0 Å². The number of carbonyl (C=O) groups excluding carboxylic acids is 6. The third-order valence-electron chi connectivity index (χ3n) is 13.4. The normalized spacial score (nSPS) is 31.5. The van der Waals surface area contributed by atoms with E-state index in [4.69, 9.17) is 32.8 Å². The van der Waals surface area contributed by atoms with Gasteiger partial charge in [-0.2, -0.15) is 0 Å². The molecule has 336 valence electrons. The van der Waals surface area contributed by atoms with Crippen molar-refractivity contribution in [2.75, 3.05) is 13.2 Å². The summed E-state index contributed by atoms with van der Waals surface area (Å²) < 4.78 is 40.9. The van der Waals surface area contributed by atoms with Crippen LogP contribution in [-0.4, -0.2) is 112 Å². The summed E-state index contributed by atoms with van der Waals surface area (Å²) in [6.45, 7) is 8.06. The van der Waals surface area contributed by atoms with E-state index in [1.165, 1.54) is 77.3 Å². The van der Waals surface area contributed by atoms with Crippen molar-refractivity contribution < 1.29 is 76.9 Å². The molecule has 0 radical (unpaired) electrons. The molecule has 11 atom stereocenters. The Balaban J connectivity index is 1.40. The van der Waals surface area contributed by atoms with Gasteiger partial charge in [0.2, 0.25) is 0 Å². The highest BCUT2D eigenvalue weighted by atomic mass is 16.7. The molecule has 1 amide bonds. The summed E-state index contributed by atoms with van der Waals surface area (Å²) in [6, 6.07) is 17.2. The maximum Gasteiger partial charge on any atom is 0.509 e. The molecule has 3 aromatic rings. The standard InChI is InChI=1S/C46H51NO16/c1-7-57-42(55)61-35-32-24(2)29(60-41(54)34(50)33(28-19-14-20-58-28)47-39(52)26-15-10-8-11-16-26)22-46(56,43(32,4)5)38(62-40(53)27-17-12-9-13-18-27)36-44(6,37(35)51)30(49)21-31-45(36,23-59-31)63-25(3)48/h8-20,29-31,33-36,38,49-50,56H,7,21-23H2,1-6H3,(H,47,52)/t29-,30-,31+,33-,34+,35+,36?,38-,44+,45-,46+/m0/s1. The number of esters is 3. The second-order valence-corrected chi connectivity index (χ2v) is 17.2. The molecular formula is C46H51NO16. The Morgan fingerprint density at radius 1 is 0.921 bits per heavy atom. The Labute approximate surface area is 362 Å². The van der Waals surface area contributed by atoms with Gasteiger partial charge in [-0.05, 0) is 68.3 Å². The number of Topliss-reactive ketones (excluding diaryl/α,β-unsaturated/α-hetero) is 1. The Hall–Kier alpha value is -5.88. The van der Waals surface area contributed by atoms with Crippen molar-refractivity contribution in [3.8, 4) is 0 Å². The first-order valence-corrected chi connectivity index (χ1v) is 20.7. The summed E-state index contributed by atoms with van der Waals surface area (Å²) in [5.74, 6) is -6.26. The molecule has 3 fully saturated rings. The van der Waals surface area contributed by atoms with Crippen LogP contribution in [0.25, 0.3) is 0 Å². The van der Waals surface area contributed by atoms with Crippen molar-refractivity contribution in [2.45, 2.75) is 108 Å². The van der Waals surface area contributed by atoms with Crippen molar-refractivity contribution in [1.29, 1.82) is 0 Å². The first-order chi connectivity index (χ1) is 29.8. The van der Waals surface area contributed by atoms with Gasteiger partial charge in [0.1, 0.15) is 35.7 Å². The highest BCUT2D eigenvalue weighted by Crippen LogP contribution is 2.64. The van der Waals surface area contributed by atoms with Gasteiger partial charge in [0, 0.05) is 30.7 Å². The second kappa shape index (κ2) is 17.0. The van der Waals surface area contributed by atoms with Gasteiger partial charge in [0.05, 0.1) is 42.5 Å². The number of ketones is 1. The zero-order chi connectivity index (χ0) is 45.6. The van der Waals surface area contributed by atoms with Gasteiger partial charge < -0.3 is 53.5 Å². The van der Waals surface area contributed by atoms with E-state index in [-0.39, 0.29) is 47.7 Å². The number of carbonyl (C=O) groups is 6. The molecule has 2 aromatic carbocycles. The van der Waals surface area contributed by atoms with E-state index in [1.807, 2.05) is 0 Å². The largest absolute Gasteiger partial charge is 0.509 e. The van der Waals surface area contributed by atoms with Crippen LogP contribution in [0, 0.1) is 16.7 Å². The van der Waals surface area contributed by atoms with Gasteiger partial charge in [-0.25, -0.2) is 14.4 Å². The number of fused-ring (bicyclic) bond motifs is 5. The Kier molecular flexibility index (Phi) is 12.2. The predicted molar refractivity (Wildman–Crippen MR) is 216 cm³/mol. The minimum Gasteiger partial charge on any atom is -0.467 e. The van der Waals surface area contributed by atoms with E-state index < -0.39 is 113 Å². The number of ether oxygens (including phenoxy) is 6. The number of aliphatic hydroxyl groups is 3. The number of hydrogen-bond acceptors (Lipinski definition) is 16. The number of rotatable bonds is 11. The zero-order valence-electron chi connectivity index (χ0n) is 35.6. The van der Waals surface area contributed by atoms with Crippen LogP contribution in [-0.2, 0) is 42.8 Å². The predicted octanol–water partition coefficient (Wildman–Crippen LogP) is 3.94. The highest BCUT2D eigenvalue weighted by Gasteiger charge is 2.78. The lowest BCUT2D eigenvalue weighted by Crippen LogP contribution is -2.82. The number of benzene rings is 2. The summed E-state index contributed by atoms with van der Waals surface area (Å²) in [7, 11) is 0. The van der Waals surface area contributed by atoms with Crippen molar-refractivity contribution in [3.63, 3.8) is 0 Å². The molecule has 1 aromatic heterocycles. The number of hydrogen-bond donors (Lipinski definition) is 4. The lowest BCUT2D eigenvalue weighted by Gasteiger charge is -2.67. The topological polar surface area (TPSA) is 244 Å². The summed E-state index contributed by atoms with van der Waals surface area (Å²) in [6.07, 6.45) is -11.0. The molecule has 1 saturated heterocycles. The Morgan fingerprint density at radius 3 is 2.14 bits per heavy atom. The van der Waals surface area contributed by atoms with Gasteiger partial charge in [-0.1, -0.05) is 50.2 Å². The fourth-order valence-electron chi connectivity index (χ4n) is 10.0. The van der Waals surface area contributed by atoms with Crippen LogP contribution in [0.1, 0.15) is 86.9 Å². The second-order valence-electron chi connectivity index (χ2n) is 17.2. The average molecular weight is 874 g/mol. The fourth-order valence-corrected chi connectivity index (χ4v) is 10.0. The summed E-state index contributed by atoms with van der Waals surface area (Å²) in [5, 5.41) is 40.1. The SMILES string of the molecule is CCOC(=O)O[C@H]1C(=O)[C@@]2(C)C([C@H](OC(=O)c3ccccc3)[C@]3(O)C[C@H](OC(=O)[C@H](O)[C@@H](NC(=O)c4ccccc4)c4ccco4)C(C)=C1C3(C)C)[C@]1(OC(C)=O)CO[C@@H]1C[C@@H]2O. The maximum atomic E-state index is 15.6. The molecule has 7 rings (SSSR count). The van der Waals surface area contributed by atoms with E-state index >= 15 is 4.79 Å². The first-order valence-electron chi connectivity index (χ1n) is 20.7. The van der Waals surface area contributed by atoms with Gasteiger partial charge in [0.25, 0.3) is 5.91 Å². The molecule has 4 N–H and O–H groups in total. The smallest absolute Gasteiger partial charge is 0.467 e. The van der Waals surface area contributed by atoms with E-state index in [0.717, 1.165) is 6.92 Å². The van der Waals surface area contributed by atoms with E-state index in [1.54, 1.807) is 36.4 Å². The average Bonchev–Trinajstić information content (AvgIpc) is 3.79. The number of nitrogens with one attached hydrogen (secondary N) is 1. The summed E-state index contributed by atoms with van der Waals surface area (Å²) >= 11 is 0. The number of amides is 1. The van der Waals surface area contributed by atoms with Gasteiger partial charge in [0.15, 0.2) is 23.6 Å². The Morgan fingerprint density at radius 2 is 1.57 bits per heavy atom. The van der Waals surface area contributed by atoms with Crippen molar-refractivity contribution in [1.82, 2.24) is 5.32 Å². The molecule has 4 aliphatic rings. The molecule has 3 aliphatic carbocycles. The molecule has 1 unspecified atom stereocenters. The third kappa shape index (κ3) is 7.59. The maximum absolute atomic E-state index is 15.6. The van der Waals surface area contributed by atoms with E-state index in [2.05, 4.69) is 5.32 Å². The lowest BCUT2D eigenvalue weighted by atomic mass is 9.44. The van der Waals surface area contributed by atoms with Gasteiger partial charge in [-0.15, -0.1) is 0 Å². The minimum absolute atomic E-state index is 0.00283. The molecule has 17 nitrogen and oxygen atoms in total. The first kappa shape index (κ1) is 45.2. The Bertz CT molecular complexity index is 2280. The number of furan rings is 1. The summed E-state index contributed by atoms with van der Waals surface area (Å²) in [5.41, 5.74) is -7.82. The molecule has 1 aliphatic heterocycles. The fraction of sp³-hybridized carbons (Fsp3) is 0.478. The molecule has 17 heteroatoms. The third-order valence-corrected chi connectivity index (χ3v) is 13.4. The zero-order valence-corrected chi connectivity index (χ0v) is 35.6. The van der Waals surface area contributed by atoms with Crippen molar-refractivity contribution >= 4 is 35.8 Å². The van der Waals surface area contributed by atoms with Gasteiger partial charge >= 0.3 is 24.1 Å². The molecule has 0 spiro atoms. The van der Waals surface area contributed by atoms with Crippen LogP contribution < -0.4 is 5.32 Å². The molecule has 2 saturated carbocycles. The molecule has 2 bridgehead atoms. The van der Waals surface area contributed by atoms with E-state index in [9.17, 15) is 39.3 Å². The molecule has 63 heavy (non-hydrogen) atoms. The number of aliphatic hydroxyl groups excluding tert-OH is 2. The lowest BCUT2D eigenvalue weighted by molar-refractivity contribution is -0.346. The molecular weight excluding hydrogens is 822 g/mol. The monoisotopic (exact) mass is 873 g/mol. The van der Waals surface area contributed by atoms with Gasteiger partial charge in [-0.3, -0.25) is 14.4 Å².